The highest BCUT2D eigenvalue weighted by atomic mass is 127. The van der Waals surface area contributed by atoms with Gasteiger partial charge < -0.3 is 5.11 Å². The number of rotatable bonds is 0. The van der Waals surface area contributed by atoms with Gasteiger partial charge in [-0.25, -0.2) is 0 Å². The molecule has 5 heteroatoms. The zero-order chi connectivity index (χ0) is 10.9. The molecule has 0 spiro atoms. The number of halogens is 4. The van der Waals surface area contributed by atoms with Gasteiger partial charge in [0.25, 0.3) is 0 Å². The van der Waals surface area contributed by atoms with Crippen LogP contribution in [0, 0.1) is 17.3 Å². The van der Waals surface area contributed by atoms with Crippen LogP contribution in [0.2, 0.25) is 0 Å². The van der Waals surface area contributed by atoms with Gasteiger partial charge in [-0.3, -0.25) is 0 Å². The van der Waals surface area contributed by atoms with Gasteiger partial charge in [-0.05, 0) is 34.4 Å². The maximum absolute atomic E-state index is 12.3. The quantitative estimate of drug-likeness (QED) is 0.396. The molecular formula is C8H10BrF2IO. The number of hydrogen-bond donors (Lipinski definition) is 1. The van der Waals surface area contributed by atoms with Crippen molar-refractivity contribution < 1.29 is 13.9 Å². The van der Waals surface area contributed by atoms with Crippen molar-refractivity contribution in [2.24, 2.45) is 5.41 Å². The third-order valence-corrected chi connectivity index (χ3v) is 3.45. The summed E-state index contributed by atoms with van der Waals surface area (Å²) in [5.41, 5.74) is -0.571. The van der Waals surface area contributed by atoms with E-state index in [0.29, 0.717) is 0 Å². The molecule has 0 aromatic rings. The van der Waals surface area contributed by atoms with E-state index in [2.05, 4.69) is 21.9 Å². The third-order valence-electron chi connectivity index (χ3n) is 1.36. The average Bonchev–Trinajstić information content (AvgIpc) is 1.79. The summed E-state index contributed by atoms with van der Waals surface area (Å²) in [5, 5.41) is 9.67. The summed E-state index contributed by atoms with van der Waals surface area (Å²) in [6, 6.07) is 0. The van der Waals surface area contributed by atoms with Crippen LogP contribution in [-0.4, -0.2) is 13.5 Å². The summed E-state index contributed by atoms with van der Waals surface area (Å²) in [6.45, 7) is 5.17. The van der Waals surface area contributed by atoms with Crippen molar-refractivity contribution in [2.75, 3.05) is 0 Å². The Hall–Kier alpha value is 0.590. The van der Waals surface area contributed by atoms with Crippen molar-refractivity contribution >= 4 is 38.5 Å². The highest BCUT2D eigenvalue weighted by Crippen LogP contribution is 2.36. The van der Waals surface area contributed by atoms with Crippen LogP contribution in [0.4, 0.5) is 8.78 Å². The second kappa shape index (κ2) is 3.99. The van der Waals surface area contributed by atoms with Gasteiger partial charge in [0.05, 0.1) is 0 Å². The van der Waals surface area contributed by atoms with Gasteiger partial charge in [-0.1, -0.05) is 20.8 Å². The van der Waals surface area contributed by atoms with Crippen LogP contribution in [-0.2, 0) is 0 Å². The van der Waals surface area contributed by atoms with E-state index >= 15 is 0 Å². The van der Waals surface area contributed by atoms with Gasteiger partial charge in [0.1, 0.15) is 0 Å². The largest absolute Gasteiger partial charge is 0.368 e. The van der Waals surface area contributed by atoms with Gasteiger partial charge in [-0.2, -0.15) is 8.78 Å². The van der Waals surface area contributed by atoms with Crippen LogP contribution in [0.25, 0.3) is 0 Å². The minimum absolute atomic E-state index is 0.571. The van der Waals surface area contributed by atoms with Crippen LogP contribution < -0.4 is 0 Å². The minimum Gasteiger partial charge on any atom is -0.368 e. The van der Waals surface area contributed by atoms with E-state index in [0.717, 1.165) is 0 Å². The normalized spacial score (nSPS) is 17.2. The fraction of sp³-hybridized carbons (Fsp3) is 0.750. The molecule has 13 heavy (non-hydrogen) atoms. The second-order valence-electron chi connectivity index (χ2n) is 3.62. The van der Waals surface area contributed by atoms with Crippen LogP contribution in [0.3, 0.4) is 0 Å². The average molecular weight is 367 g/mol. The van der Waals surface area contributed by atoms with E-state index in [-0.39, 0.29) is 0 Å². The molecule has 0 saturated carbocycles. The fourth-order valence-electron chi connectivity index (χ4n) is 0.341. The van der Waals surface area contributed by atoms with E-state index in [1.54, 1.807) is 49.3 Å². The van der Waals surface area contributed by atoms with Crippen molar-refractivity contribution in [3.05, 3.63) is 0 Å². The molecule has 0 aromatic carbocycles. The second-order valence-corrected chi connectivity index (χ2v) is 6.18. The molecular weight excluding hydrogens is 357 g/mol. The predicted octanol–water partition coefficient (Wildman–Crippen LogP) is 3.15. The topological polar surface area (TPSA) is 20.2 Å². The molecule has 0 aromatic heterocycles. The molecule has 0 aliphatic heterocycles. The van der Waals surface area contributed by atoms with E-state index in [1.165, 1.54) is 0 Å². The monoisotopic (exact) mass is 366 g/mol. The smallest absolute Gasteiger partial charge is 0.363 e. The summed E-state index contributed by atoms with van der Waals surface area (Å²) in [6.07, 6.45) is 0. The molecule has 76 valence electrons. The Morgan fingerprint density at radius 2 is 1.62 bits per heavy atom. The number of aliphatic hydroxyl groups is 1. The van der Waals surface area contributed by atoms with Crippen molar-refractivity contribution in [1.29, 1.82) is 0 Å². The van der Waals surface area contributed by atoms with Gasteiger partial charge in [0, 0.05) is 21.3 Å². The number of hydrogen-bond acceptors (Lipinski definition) is 1. The van der Waals surface area contributed by atoms with Crippen molar-refractivity contribution in [1.82, 2.24) is 0 Å². The first kappa shape index (κ1) is 13.6. The van der Waals surface area contributed by atoms with Crippen LogP contribution >= 0.6 is 38.5 Å². The maximum Gasteiger partial charge on any atom is 0.363 e. The summed E-state index contributed by atoms with van der Waals surface area (Å²) in [4.78, 5) is -3.24. The molecule has 1 unspecified atom stereocenters. The molecule has 0 heterocycles. The van der Waals surface area contributed by atoms with Crippen molar-refractivity contribution in [3.63, 3.8) is 0 Å². The molecule has 1 nitrogen and oxygen atoms in total. The molecule has 0 amide bonds. The third kappa shape index (κ3) is 5.13. The van der Waals surface area contributed by atoms with E-state index in [4.69, 9.17) is 0 Å². The Balaban J connectivity index is 4.77. The van der Waals surface area contributed by atoms with Gasteiger partial charge in [-0.15, -0.1) is 0 Å². The first-order valence-corrected chi connectivity index (χ1v) is 5.35. The summed E-state index contributed by atoms with van der Waals surface area (Å²) < 4.78 is 23.1. The lowest BCUT2D eigenvalue weighted by Gasteiger charge is -2.30. The zero-order valence-corrected chi connectivity index (χ0v) is 11.2. The summed E-state index contributed by atoms with van der Waals surface area (Å²) in [5.74, 6) is 3.78. The lowest BCUT2D eigenvalue weighted by atomic mass is 9.89. The van der Waals surface area contributed by atoms with Crippen LogP contribution in [0.5, 0.6) is 0 Å². The van der Waals surface area contributed by atoms with Crippen molar-refractivity contribution in [3.8, 4) is 11.8 Å². The Morgan fingerprint density at radius 1 is 1.23 bits per heavy atom. The lowest BCUT2D eigenvalue weighted by Crippen LogP contribution is -2.35. The van der Waals surface area contributed by atoms with E-state index in [9.17, 15) is 13.9 Å². The lowest BCUT2D eigenvalue weighted by molar-refractivity contribution is 0.0959. The van der Waals surface area contributed by atoms with E-state index in [1.807, 2.05) is 0 Å². The first-order valence-electron chi connectivity index (χ1n) is 3.48. The molecule has 0 aliphatic carbocycles. The van der Waals surface area contributed by atoms with Gasteiger partial charge in [0.2, 0.25) is 0 Å². The van der Waals surface area contributed by atoms with Crippen LogP contribution in [0.1, 0.15) is 20.8 Å². The molecule has 0 rings (SSSR count). The molecule has 1 N–H and O–H groups in total. The first-order chi connectivity index (χ1) is 5.46. The molecule has 1 atom stereocenters. The fourth-order valence-corrected chi connectivity index (χ4v) is 0.575. The SMILES string of the molecule is CC(C)(C)C(O)(I)C#CC(F)(F)Br. The molecule has 0 aliphatic rings. The van der Waals surface area contributed by atoms with Crippen LogP contribution in [0.15, 0.2) is 0 Å². The molecule has 0 radical (unpaired) electrons. The zero-order valence-electron chi connectivity index (χ0n) is 7.46. The molecule has 0 saturated heterocycles. The van der Waals surface area contributed by atoms with Gasteiger partial charge in [0.15, 0.2) is 3.61 Å². The minimum atomic E-state index is -3.24. The van der Waals surface area contributed by atoms with Gasteiger partial charge >= 0.3 is 4.83 Å². The Morgan fingerprint density at radius 3 is 1.85 bits per heavy atom. The highest BCUT2D eigenvalue weighted by Gasteiger charge is 2.36. The van der Waals surface area contributed by atoms with Crippen molar-refractivity contribution in [2.45, 2.75) is 29.2 Å². The summed E-state index contributed by atoms with van der Waals surface area (Å²) in [7, 11) is 0. The molecule has 0 fully saturated rings. The van der Waals surface area contributed by atoms with E-state index < -0.39 is 13.9 Å². The maximum atomic E-state index is 12.3. The Kier molecular flexibility index (Phi) is 4.17. The molecule has 0 bridgehead atoms. The highest BCUT2D eigenvalue weighted by molar-refractivity contribution is 14.1. The standard InChI is InChI=1S/C8H10BrF2IO/c1-6(2,3)7(12,13)4-5-8(9,10)11/h13H,1-3H3. The predicted molar refractivity (Wildman–Crippen MR) is 60.1 cm³/mol. The number of alkyl halides is 4. The summed E-state index contributed by atoms with van der Waals surface area (Å²) >= 11 is 3.73. The Bertz CT molecular complexity index is 242. The Labute approximate surface area is 98.5 Å².